The van der Waals surface area contributed by atoms with Crippen LogP contribution in [0.3, 0.4) is 0 Å². The van der Waals surface area contributed by atoms with Crippen LogP contribution in [-0.4, -0.2) is 22.5 Å². The van der Waals surface area contributed by atoms with Gasteiger partial charge in [-0.25, -0.2) is 12.8 Å². The highest BCUT2D eigenvalue weighted by Gasteiger charge is 2.26. The second kappa shape index (κ2) is 6.13. The number of anilines is 1. The minimum atomic E-state index is -3.75. The van der Waals surface area contributed by atoms with Gasteiger partial charge in [0.1, 0.15) is 10.0 Å². The lowest BCUT2D eigenvalue weighted by Gasteiger charge is -2.18. The fourth-order valence-electron chi connectivity index (χ4n) is 1.92. The average Bonchev–Trinajstić information content (AvgIpc) is 2.81. The van der Waals surface area contributed by atoms with Gasteiger partial charge in [0, 0.05) is 18.5 Å². The van der Waals surface area contributed by atoms with Crippen molar-refractivity contribution >= 4 is 27.0 Å². The molecule has 0 aliphatic heterocycles. The minimum absolute atomic E-state index is 0.0405. The van der Waals surface area contributed by atoms with Crippen molar-refractivity contribution in [1.82, 2.24) is 5.32 Å². The summed E-state index contributed by atoms with van der Waals surface area (Å²) in [4.78, 5) is 0.956. The molecular formula is C14H17FN2O2S2. The number of rotatable bonds is 5. The van der Waals surface area contributed by atoms with Gasteiger partial charge in [-0.15, -0.1) is 11.3 Å². The van der Waals surface area contributed by atoms with Crippen LogP contribution in [0.5, 0.6) is 0 Å². The number of thiophene rings is 1. The highest BCUT2D eigenvalue weighted by molar-refractivity contribution is 7.94. The molecule has 114 valence electrons. The van der Waals surface area contributed by atoms with E-state index in [1.165, 1.54) is 36.6 Å². The summed E-state index contributed by atoms with van der Waals surface area (Å²) in [6.45, 7) is 2.47. The number of aryl methyl sites for hydroxylation is 1. The van der Waals surface area contributed by atoms with E-state index in [-0.39, 0.29) is 9.90 Å². The first kappa shape index (κ1) is 15.9. The largest absolute Gasteiger partial charge is 0.315 e. The minimum Gasteiger partial charge on any atom is -0.315 e. The molecular weight excluding hydrogens is 311 g/mol. The summed E-state index contributed by atoms with van der Waals surface area (Å²) in [7, 11) is -0.584. The Bertz CT molecular complexity index is 741. The van der Waals surface area contributed by atoms with Crippen molar-refractivity contribution in [2.75, 3.05) is 18.4 Å². The molecule has 2 rings (SSSR count). The molecule has 7 heteroatoms. The summed E-state index contributed by atoms with van der Waals surface area (Å²) >= 11 is 1.21. The lowest BCUT2D eigenvalue weighted by Crippen LogP contribution is -2.26. The maximum absolute atomic E-state index is 13.8. The van der Waals surface area contributed by atoms with E-state index in [2.05, 4.69) is 5.32 Å². The monoisotopic (exact) mass is 328 g/mol. The third kappa shape index (κ3) is 3.09. The predicted molar refractivity (Wildman–Crippen MR) is 83.8 cm³/mol. The van der Waals surface area contributed by atoms with Gasteiger partial charge in [-0.05, 0) is 37.7 Å². The molecule has 1 aromatic carbocycles. The summed E-state index contributed by atoms with van der Waals surface area (Å²) in [6.07, 6.45) is 0. The topological polar surface area (TPSA) is 49.4 Å². The van der Waals surface area contributed by atoms with Crippen LogP contribution in [0.15, 0.2) is 34.5 Å². The molecule has 1 heterocycles. The van der Waals surface area contributed by atoms with Crippen LogP contribution >= 0.6 is 11.3 Å². The molecule has 0 unspecified atom stereocenters. The van der Waals surface area contributed by atoms with Crippen LogP contribution in [0.2, 0.25) is 0 Å². The molecule has 21 heavy (non-hydrogen) atoms. The van der Waals surface area contributed by atoms with Gasteiger partial charge in [0.2, 0.25) is 0 Å². The van der Waals surface area contributed by atoms with Gasteiger partial charge < -0.3 is 5.32 Å². The first-order valence-electron chi connectivity index (χ1n) is 6.35. The second-order valence-corrected chi connectivity index (χ2v) is 7.96. The molecule has 4 nitrogen and oxygen atoms in total. The van der Waals surface area contributed by atoms with Crippen molar-refractivity contribution in [3.8, 4) is 0 Å². The maximum Gasteiger partial charge on any atom is 0.273 e. The SMILES string of the molecule is CNCc1sc(S(=O)(=O)N(C)c2ccccc2F)cc1C. The zero-order chi connectivity index (χ0) is 15.6. The Morgan fingerprint density at radius 1 is 1.33 bits per heavy atom. The summed E-state index contributed by atoms with van der Waals surface area (Å²) in [5.74, 6) is -0.563. The number of nitrogens with one attached hydrogen (secondary N) is 1. The van der Waals surface area contributed by atoms with Gasteiger partial charge in [-0.2, -0.15) is 0 Å². The first-order valence-corrected chi connectivity index (χ1v) is 8.61. The number of halogens is 1. The highest BCUT2D eigenvalue weighted by atomic mass is 32.2. The third-order valence-electron chi connectivity index (χ3n) is 3.14. The lowest BCUT2D eigenvalue weighted by atomic mass is 10.3. The summed E-state index contributed by atoms with van der Waals surface area (Å²) in [5.41, 5.74) is 0.952. The molecule has 0 spiro atoms. The summed E-state index contributed by atoms with van der Waals surface area (Å²) in [6, 6.07) is 7.45. The van der Waals surface area contributed by atoms with E-state index in [0.717, 1.165) is 14.7 Å². The summed E-state index contributed by atoms with van der Waals surface area (Å²) in [5, 5.41) is 3.00. The highest BCUT2D eigenvalue weighted by Crippen LogP contribution is 2.31. The standard InChI is InChI=1S/C14H17FN2O2S2/c1-10-8-14(20-13(10)9-16-2)21(18,19)17(3)12-7-5-4-6-11(12)15/h4-8,16H,9H2,1-3H3. The smallest absolute Gasteiger partial charge is 0.273 e. The van der Waals surface area contributed by atoms with Gasteiger partial charge in [0.05, 0.1) is 5.69 Å². The van der Waals surface area contributed by atoms with Gasteiger partial charge in [-0.1, -0.05) is 12.1 Å². The molecule has 1 aromatic heterocycles. The number of hydrogen-bond acceptors (Lipinski definition) is 4. The van der Waals surface area contributed by atoms with Crippen LogP contribution < -0.4 is 9.62 Å². The Hall–Kier alpha value is -1.44. The number of para-hydroxylation sites is 1. The van der Waals surface area contributed by atoms with Crippen LogP contribution in [-0.2, 0) is 16.6 Å². The molecule has 0 amide bonds. The Morgan fingerprint density at radius 3 is 2.62 bits per heavy atom. The maximum atomic E-state index is 13.8. The van der Waals surface area contributed by atoms with Crippen molar-refractivity contribution in [2.45, 2.75) is 17.7 Å². The average molecular weight is 328 g/mol. The molecule has 1 N–H and O–H groups in total. The lowest BCUT2D eigenvalue weighted by molar-refractivity contribution is 0.591. The van der Waals surface area contributed by atoms with E-state index in [9.17, 15) is 12.8 Å². The zero-order valence-electron chi connectivity index (χ0n) is 12.1. The molecule has 2 aromatic rings. The Labute approximate surface area is 128 Å². The van der Waals surface area contributed by atoms with E-state index >= 15 is 0 Å². The van der Waals surface area contributed by atoms with E-state index in [0.29, 0.717) is 6.54 Å². The van der Waals surface area contributed by atoms with E-state index in [1.54, 1.807) is 19.2 Å². The molecule has 0 saturated carbocycles. The molecule has 0 aliphatic carbocycles. The van der Waals surface area contributed by atoms with Gasteiger partial charge in [0.15, 0.2) is 0 Å². The van der Waals surface area contributed by atoms with Crippen molar-refractivity contribution in [3.63, 3.8) is 0 Å². The van der Waals surface area contributed by atoms with Crippen LogP contribution in [0, 0.1) is 12.7 Å². The quantitative estimate of drug-likeness (QED) is 0.918. The van der Waals surface area contributed by atoms with Gasteiger partial charge >= 0.3 is 0 Å². The van der Waals surface area contributed by atoms with Crippen LogP contribution in [0.25, 0.3) is 0 Å². The second-order valence-electron chi connectivity index (χ2n) is 4.63. The zero-order valence-corrected chi connectivity index (χ0v) is 13.7. The number of sulfonamides is 1. The van der Waals surface area contributed by atoms with E-state index in [4.69, 9.17) is 0 Å². The molecule has 0 atom stereocenters. The van der Waals surface area contributed by atoms with Crippen molar-refractivity contribution < 1.29 is 12.8 Å². The Kier molecular flexibility index (Phi) is 4.65. The van der Waals surface area contributed by atoms with Crippen molar-refractivity contribution in [1.29, 1.82) is 0 Å². The normalized spacial score (nSPS) is 11.6. The molecule has 0 bridgehead atoms. The van der Waals surface area contributed by atoms with Crippen LogP contribution in [0.1, 0.15) is 10.4 Å². The van der Waals surface area contributed by atoms with E-state index < -0.39 is 15.8 Å². The fourth-order valence-corrected chi connectivity index (χ4v) is 4.90. The van der Waals surface area contributed by atoms with Gasteiger partial charge in [-0.3, -0.25) is 4.31 Å². The molecule has 0 aliphatic rings. The Balaban J connectivity index is 2.42. The number of benzene rings is 1. The molecule has 0 saturated heterocycles. The number of hydrogen-bond donors (Lipinski definition) is 1. The third-order valence-corrected chi connectivity index (χ3v) is 6.60. The number of nitrogens with zero attached hydrogens (tertiary/aromatic N) is 1. The fraction of sp³-hybridized carbons (Fsp3) is 0.286. The van der Waals surface area contributed by atoms with Crippen LogP contribution in [0.4, 0.5) is 10.1 Å². The predicted octanol–water partition coefficient (Wildman–Crippen LogP) is 2.74. The molecule has 0 fully saturated rings. The van der Waals surface area contributed by atoms with Crippen molar-refractivity contribution in [2.24, 2.45) is 0 Å². The molecule has 0 radical (unpaired) electrons. The summed E-state index contributed by atoms with van der Waals surface area (Å²) < 4.78 is 40.2. The van der Waals surface area contributed by atoms with Crippen molar-refractivity contribution in [3.05, 3.63) is 46.6 Å². The van der Waals surface area contributed by atoms with E-state index in [1.807, 2.05) is 6.92 Å². The van der Waals surface area contributed by atoms with Gasteiger partial charge in [0.25, 0.3) is 10.0 Å². The first-order chi connectivity index (χ1) is 9.87. The Morgan fingerprint density at radius 2 is 2.00 bits per heavy atom.